The number of Topliss-reactive ketones (excluding diaryl/α,β-unsaturated/α-hetero) is 1. The number of hydrogen-bond acceptors (Lipinski definition) is 5. The zero-order valence-corrected chi connectivity index (χ0v) is 17.1. The van der Waals surface area contributed by atoms with E-state index < -0.39 is 16.9 Å². The molecule has 0 radical (unpaired) electrons. The van der Waals surface area contributed by atoms with Crippen LogP contribution in [0.3, 0.4) is 0 Å². The second-order valence-electron chi connectivity index (χ2n) is 7.23. The highest BCUT2D eigenvalue weighted by Crippen LogP contribution is 2.35. The van der Waals surface area contributed by atoms with Gasteiger partial charge in [0.15, 0.2) is 5.78 Å². The number of nitrogens with two attached hydrogens (primary N) is 1. The third-order valence-electron chi connectivity index (χ3n) is 5.24. The SMILES string of the molecule is O=C(c1ccccc1)C(c1ccccn1)C([NH2+]c1ccccn1)c1ccccc1[N+](=O)[O-]. The lowest BCUT2D eigenvalue weighted by atomic mass is 9.83. The Kier molecular flexibility index (Phi) is 6.38. The zero-order valence-electron chi connectivity index (χ0n) is 17.1. The predicted octanol–water partition coefficient (Wildman–Crippen LogP) is 3.99. The number of nitro benzene ring substituents is 1. The maximum atomic E-state index is 13.8. The Morgan fingerprint density at radius 1 is 0.812 bits per heavy atom. The van der Waals surface area contributed by atoms with Crippen LogP contribution >= 0.6 is 0 Å². The maximum absolute atomic E-state index is 13.8. The largest absolute Gasteiger partial charge is 0.293 e. The van der Waals surface area contributed by atoms with Crippen molar-refractivity contribution in [3.05, 3.63) is 130 Å². The van der Waals surface area contributed by atoms with Crippen molar-refractivity contribution >= 4 is 17.3 Å². The number of aromatic nitrogens is 2. The molecule has 7 nitrogen and oxygen atoms in total. The molecule has 2 N–H and O–H groups in total. The molecule has 0 aliphatic rings. The van der Waals surface area contributed by atoms with Gasteiger partial charge < -0.3 is 0 Å². The van der Waals surface area contributed by atoms with Gasteiger partial charge in [0.05, 0.1) is 16.2 Å². The standard InChI is InChI=1S/C25H20N4O3/c30-25(18-10-2-1-3-11-18)23(20-13-6-8-16-26-20)24(28-22-15-7-9-17-27-22)19-12-4-5-14-21(19)29(31)32/h1-17,23-24H,(H,27,28)/p+1. The quantitative estimate of drug-likeness (QED) is 0.261. The van der Waals surface area contributed by atoms with E-state index in [1.54, 1.807) is 73.1 Å². The van der Waals surface area contributed by atoms with E-state index in [4.69, 9.17) is 0 Å². The van der Waals surface area contributed by atoms with Crippen LogP contribution in [-0.4, -0.2) is 20.7 Å². The highest BCUT2D eigenvalue weighted by atomic mass is 16.6. The van der Waals surface area contributed by atoms with Crippen molar-refractivity contribution < 1.29 is 15.0 Å². The van der Waals surface area contributed by atoms with E-state index in [1.165, 1.54) is 6.07 Å². The minimum absolute atomic E-state index is 0.0496. The second-order valence-corrected chi connectivity index (χ2v) is 7.23. The molecule has 4 rings (SSSR count). The average Bonchev–Trinajstić information content (AvgIpc) is 2.85. The van der Waals surface area contributed by atoms with Crippen molar-refractivity contribution in [3.63, 3.8) is 0 Å². The summed E-state index contributed by atoms with van der Waals surface area (Å²) in [6.07, 6.45) is 3.27. The first kappa shape index (κ1) is 21.0. The van der Waals surface area contributed by atoms with Crippen LogP contribution < -0.4 is 5.32 Å². The average molecular weight is 425 g/mol. The van der Waals surface area contributed by atoms with Crippen LogP contribution in [0.15, 0.2) is 103 Å². The number of hydrogen-bond donors (Lipinski definition) is 1. The molecule has 0 aliphatic carbocycles. The fraction of sp³-hybridized carbons (Fsp3) is 0.0800. The van der Waals surface area contributed by atoms with Crippen molar-refractivity contribution in [2.24, 2.45) is 0 Å². The Morgan fingerprint density at radius 2 is 1.47 bits per heavy atom. The van der Waals surface area contributed by atoms with Gasteiger partial charge in [-0.15, -0.1) is 0 Å². The first-order valence-corrected chi connectivity index (χ1v) is 10.1. The van der Waals surface area contributed by atoms with Gasteiger partial charge in [-0.05, 0) is 24.3 Å². The van der Waals surface area contributed by atoms with E-state index in [-0.39, 0.29) is 11.5 Å². The lowest BCUT2D eigenvalue weighted by Crippen LogP contribution is -2.81. The Labute approximate surface area is 185 Å². The van der Waals surface area contributed by atoms with Gasteiger partial charge >= 0.3 is 0 Å². The summed E-state index contributed by atoms with van der Waals surface area (Å²) in [5, 5.41) is 13.7. The number of rotatable bonds is 8. The zero-order chi connectivity index (χ0) is 22.3. The third kappa shape index (κ3) is 4.58. The second kappa shape index (κ2) is 9.72. The molecule has 0 bridgehead atoms. The van der Waals surface area contributed by atoms with Crippen LogP contribution in [-0.2, 0) is 0 Å². The van der Waals surface area contributed by atoms with Crippen LogP contribution in [0.4, 0.5) is 11.5 Å². The fourth-order valence-electron chi connectivity index (χ4n) is 3.78. The Morgan fingerprint density at radius 3 is 2.12 bits per heavy atom. The molecule has 0 fully saturated rings. The Bertz CT molecular complexity index is 1200. The molecule has 32 heavy (non-hydrogen) atoms. The summed E-state index contributed by atoms with van der Waals surface area (Å²) >= 11 is 0. The van der Waals surface area contributed by atoms with Gasteiger partial charge in [-0.2, -0.15) is 0 Å². The number of nitro groups is 1. The Balaban J connectivity index is 1.91. The molecule has 4 aromatic rings. The number of benzene rings is 2. The molecule has 2 aromatic carbocycles. The predicted molar refractivity (Wildman–Crippen MR) is 119 cm³/mol. The molecule has 2 unspecified atom stereocenters. The Hall–Kier alpha value is -4.23. The summed E-state index contributed by atoms with van der Waals surface area (Å²) in [4.78, 5) is 34.0. The van der Waals surface area contributed by atoms with Gasteiger partial charge in [-0.3, -0.25) is 25.2 Å². The third-order valence-corrected chi connectivity index (χ3v) is 5.24. The van der Waals surface area contributed by atoms with E-state index in [0.29, 0.717) is 22.6 Å². The van der Waals surface area contributed by atoms with Crippen molar-refractivity contribution in [2.75, 3.05) is 0 Å². The van der Waals surface area contributed by atoms with Crippen molar-refractivity contribution in [1.82, 2.24) is 9.97 Å². The van der Waals surface area contributed by atoms with Crippen LogP contribution in [0.5, 0.6) is 0 Å². The number of pyridine rings is 2. The van der Waals surface area contributed by atoms with Gasteiger partial charge in [0, 0.05) is 30.1 Å². The number of quaternary nitrogens is 1. The normalized spacial score (nSPS) is 12.6. The fourth-order valence-corrected chi connectivity index (χ4v) is 3.78. The molecule has 0 amide bonds. The molecule has 7 heteroatoms. The van der Waals surface area contributed by atoms with E-state index in [9.17, 15) is 14.9 Å². The molecule has 0 aliphatic heterocycles. The topological polar surface area (TPSA) is 103 Å². The summed E-state index contributed by atoms with van der Waals surface area (Å²) in [6.45, 7) is 0. The highest BCUT2D eigenvalue weighted by Gasteiger charge is 2.39. The van der Waals surface area contributed by atoms with E-state index in [1.807, 2.05) is 29.6 Å². The van der Waals surface area contributed by atoms with Crippen molar-refractivity contribution in [1.29, 1.82) is 0 Å². The van der Waals surface area contributed by atoms with Gasteiger partial charge in [0.2, 0.25) is 5.82 Å². The molecule has 0 saturated heterocycles. The van der Waals surface area contributed by atoms with Crippen molar-refractivity contribution in [2.45, 2.75) is 12.0 Å². The van der Waals surface area contributed by atoms with Gasteiger partial charge in [0.25, 0.3) is 5.69 Å². The first-order valence-electron chi connectivity index (χ1n) is 10.1. The van der Waals surface area contributed by atoms with Gasteiger partial charge in [0.1, 0.15) is 12.0 Å². The molecule has 0 spiro atoms. The van der Waals surface area contributed by atoms with Gasteiger partial charge in [-0.1, -0.05) is 54.6 Å². The number of nitrogens with zero attached hydrogens (tertiary/aromatic N) is 3. The summed E-state index contributed by atoms with van der Waals surface area (Å²) in [5.41, 5.74) is 1.44. The van der Waals surface area contributed by atoms with Gasteiger partial charge in [-0.25, -0.2) is 4.98 Å². The minimum atomic E-state index is -0.776. The minimum Gasteiger partial charge on any atom is -0.293 e. The molecule has 2 aromatic heterocycles. The number of para-hydroxylation sites is 1. The monoisotopic (exact) mass is 425 g/mol. The highest BCUT2D eigenvalue weighted by molar-refractivity contribution is 6.01. The van der Waals surface area contributed by atoms with Crippen LogP contribution in [0.1, 0.15) is 33.6 Å². The number of carbonyl (C=O) groups is 1. The van der Waals surface area contributed by atoms with Crippen LogP contribution in [0.25, 0.3) is 0 Å². The number of carbonyl (C=O) groups excluding carboxylic acids is 1. The molecular weight excluding hydrogens is 404 g/mol. The summed E-state index contributed by atoms with van der Waals surface area (Å²) < 4.78 is 0. The molecule has 158 valence electrons. The summed E-state index contributed by atoms with van der Waals surface area (Å²) in [6, 6.07) is 25.6. The molecule has 2 atom stereocenters. The summed E-state index contributed by atoms with van der Waals surface area (Å²) in [7, 11) is 0. The lowest BCUT2D eigenvalue weighted by Gasteiger charge is -2.24. The summed E-state index contributed by atoms with van der Waals surface area (Å²) in [5.74, 6) is -0.321. The van der Waals surface area contributed by atoms with Crippen LogP contribution in [0, 0.1) is 10.1 Å². The van der Waals surface area contributed by atoms with Crippen LogP contribution in [0.2, 0.25) is 0 Å². The molecule has 2 heterocycles. The van der Waals surface area contributed by atoms with E-state index in [2.05, 4.69) is 9.97 Å². The maximum Gasteiger partial charge on any atom is 0.278 e. The van der Waals surface area contributed by atoms with E-state index in [0.717, 1.165) is 0 Å². The van der Waals surface area contributed by atoms with Crippen molar-refractivity contribution in [3.8, 4) is 0 Å². The smallest absolute Gasteiger partial charge is 0.278 e. The molecular formula is C25H21N4O3+. The van der Waals surface area contributed by atoms with E-state index >= 15 is 0 Å². The molecule has 0 saturated carbocycles. The lowest BCUT2D eigenvalue weighted by molar-refractivity contribution is -0.623. The first-order chi connectivity index (χ1) is 15.6. The number of ketones is 1.